The molecule has 0 radical (unpaired) electrons. The molecule has 0 saturated carbocycles. The Bertz CT molecular complexity index is 528. The predicted molar refractivity (Wildman–Crippen MR) is 67.5 cm³/mol. The summed E-state index contributed by atoms with van der Waals surface area (Å²) in [6, 6.07) is 1.74. The summed E-state index contributed by atoms with van der Waals surface area (Å²) in [4.78, 5) is 11.3. The van der Waals surface area contributed by atoms with Crippen molar-refractivity contribution in [1.29, 1.82) is 0 Å². The van der Waals surface area contributed by atoms with E-state index in [1.54, 1.807) is 6.08 Å². The van der Waals surface area contributed by atoms with Gasteiger partial charge in [0.1, 0.15) is 0 Å². The minimum absolute atomic E-state index is 0.160. The standard InChI is InChI=1S/C14H14F3NO2/c15-10-6-9(7-11(16)12(10)17)2-1-3-14(13(19)20)4-5-18-8-14/h1-2,6-7,18H,3-5,8H2,(H,19,20)/b2-1+. The second-order valence-corrected chi connectivity index (χ2v) is 4.92. The number of carbonyl (C=O) groups is 1. The smallest absolute Gasteiger partial charge is 0.311 e. The molecule has 1 aliphatic heterocycles. The number of carboxylic acid groups (broad SMARTS) is 1. The number of rotatable bonds is 4. The van der Waals surface area contributed by atoms with E-state index in [1.807, 2.05) is 0 Å². The maximum Gasteiger partial charge on any atom is 0.311 e. The quantitative estimate of drug-likeness (QED) is 0.836. The molecule has 2 rings (SSSR count). The second-order valence-electron chi connectivity index (χ2n) is 4.92. The highest BCUT2D eigenvalue weighted by Crippen LogP contribution is 2.30. The summed E-state index contributed by atoms with van der Waals surface area (Å²) in [5.74, 6) is -4.94. The molecule has 1 fully saturated rings. The van der Waals surface area contributed by atoms with Crippen molar-refractivity contribution in [3.05, 3.63) is 41.2 Å². The van der Waals surface area contributed by atoms with Crippen LogP contribution in [0.1, 0.15) is 18.4 Å². The molecule has 0 aliphatic carbocycles. The van der Waals surface area contributed by atoms with E-state index in [0.717, 1.165) is 12.1 Å². The number of hydrogen-bond acceptors (Lipinski definition) is 2. The molecule has 0 spiro atoms. The molecule has 108 valence electrons. The molecule has 2 N–H and O–H groups in total. The first kappa shape index (κ1) is 14.6. The fourth-order valence-corrected chi connectivity index (χ4v) is 2.28. The number of halogens is 3. The highest BCUT2D eigenvalue weighted by atomic mass is 19.2. The van der Waals surface area contributed by atoms with Crippen molar-refractivity contribution >= 4 is 12.0 Å². The van der Waals surface area contributed by atoms with E-state index in [-0.39, 0.29) is 12.0 Å². The lowest BCUT2D eigenvalue weighted by atomic mass is 9.83. The molecule has 1 atom stereocenters. The number of nitrogens with one attached hydrogen (secondary N) is 1. The van der Waals surface area contributed by atoms with Gasteiger partial charge in [-0.05, 0) is 37.1 Å². The third kappa shape index (κ3) is 2.85. The number of hydrogen-bond donors (Lipinski definition) is 2. The van der Waals surface area contributed by atoms with Crippen molar-refractivity contribution in [3.8, 4) is 0 Å². The Morgan fingerprint density at radius 2 is 2.00 bits per heavy atom. The van der Waals surface area contributed by atoms with Crippen molar-refractivity contribution in [2.24, 2.45) is 5.41 Å². The molecule has 1 aromatic carbocycles. The van der Waals surface area contributed by atoms with Crippen molar-refractivity contribution in [3.63, 3.8) is 0 Å². The first-order valence-electron chi connectivity index (χ1n) is 6.20. The Hall–Kier alpha value is -1.82. The summed E-state index contributed by atoms with van der Waals surface area (Å²) in [5.41, 5.74) is -0.721. The van der Waals surface area contributed by atoms with Gasteiger partial charge in [-0.2, -0.15) is 0 Å². The molecule has 6 heteroatoms. The monoisotopic (exact) mass is 285 g/mol. The summed E-state index contributed by atoms with van der Waals surface area (Å²) in [7, 11) is 0. The van der Waals surface area contributed by atoms with Crippen LogP contribution < -0.4 is 5.32 Å². The third-order valence-electron chi connectivity index (χ3n) is 3.52. The molecule has 1 saturated heterocycles. The molecular formula is C14H14F3NO2. The fraction of sp³-hybridized carbons (Fsp3) is 0.357. The normalized spacial score (nSPS) is 22.6. The van der Waals surface area contributed by atoms with Gasteiger partial charge >= 0.3 is 5.97 Å². The topological polar surface area (TPSA) is 49.3 Å². The summed E-state index contributed by atoms with van der Waals surface area (Å²) in [6.07, 6.45) is 3.69. The Labute approximate surface area is 114 Å². The Kier molecular flexibility index (Phi) is 4.13. The largest absolute Gasteiger partial charge is 0.481 e. The molecule has 0 amide bonds. The van der Waals surface area contributed by atoms with Crippen molar-refractivity contribution < 1.29 is 23.1 Å². The maximum absolute atomic E-state index is 13.0. The van der Waals surface area contributed by atoms with Crippen LogP contribution in [0.25, 0.3) is 6.08 Å². The van der Waals surface area contributed by atoms with E-state index in [1.165, 1.54) is 6.08 Å². The Balaban J connectivity index is 2.12. The lowest BCUT2D eigenvalue weighted by Gasteiger charge is -2.20. The average Bonchev–Trinajstić information content (AvgIpc) is 2.86. The van der Waals surface area contributed by atoms with E-state index in [4.69, 9.17) is 0 Å². The highest BCUT2D eigenvalue weighted by Gasteiger charge is 2.40. The van der Waals surface area contributed by atoms with Crippen LogP contribution in [0.3, 0.4) is 0 Å². The van der Waals surface area contributed by atoms with Gasteiger partial charge in [0.25, 0.3) is 0 Å². The van der Waals surface area contributed by atoms with Crippen LogP contribution >= 0.6 is 0 Å². The summed E-state index contributed by atoms with van der Waals surface area (Å²) < 4.78 is 38.8. The highest BCUT2D eigenvalue weighted by molar-refractivity contribution is 5.76. The number of aliphatic carboxylic acids is 1. The van der Waals surface area contributed by atoms with Crippen molar-refractivity contribution in [2.45, 2.75) is 12.8 Å². The number of allylic oxidation sites excluding steroid dienone is 1. The van der Waals surface area contributed by atoms with Crippen LogP contribution in [0.2, 0.25) is 0 Å². The molecule has 0 aromatic heterocycles. The molecule has 20 heavy (non-hydrogen) atoms. The van der Waals surface area contributed by atoms with E-state index >= 15 is 0 Å². The molecular weight excluding hydrogens is 271 g/mol. The zero-order valence-corrected chi connectivity index (χ0v) is 10.6. The summed E-state index contributed by atoms with van der Waals surface area (Å²) in [6.45, 7) is 0.985. The van der Waals surface area contributed by atoms with Gasteiger partial charge in [0.2, 0.25) is 0 Å². The molecule has 1 unspecified atom stereocenters. The number of carboxylic acids is 1. The van der Waals surface area contributed by atoms with Crippen molar-refractivity contribution in [1.82, 2.24) is 5.32 Å². The average molecular weight is 285 g/mol. The molecule has 1 aliphatic rings. The van der Waals surface area contributed by atoms with Gasteiger partial charge in [0.05, 0.1) is 5.41 Å². The first-order valence-corrected chi connectivity index (χ1v) is 6.20. The van der Waals surface area contributed by atoms with Crippen LogP contribution in [0.4, 0.5) is 13.2 Å². The van der Waals surface area contributed by atoms with Gasteiger partial charge in [-0.1, -0.05) is 12.2 Å². The molecule has 1 heterocycles. The lowest BCUT2D eigenvalue weighted by molar-refractivity contribution is -0.147. The van der Waals surface area contributed by atoms with Gasteiger partial charge in [-0.15, -0.1) is 0 Å². The SMILES string of the molecule is O=C(O)C1(C/C=C/c2cc(F)c(F)c(F)c2)CCNC1. The van der Waals surface area contributed by atoms with E-state index in [2.05, 4.69) is 5.32 Å². The fourth-order valence-electron chi connectivity index (χ4n) is 2.28. The predicted octanol–water partition coefficient (Wildman–Crippen LogP) is 2.57. The first-order chi connectivity index (χ1) is 9.44. The van der Waals surface area contributed by atoms with Crippen LogP contribution in [0, 0.1) is 22.9 Å². The Morgan fingerprint density at radius 1 is 1.35 bits per heavy atom. The third-order valence-corrected chi connectivity index (χ3v) is 3.52. The van der Waals surface area contributed by atoms with Crippen LogP contribution in [0.5, 0.6) is 0 Å². The minimum atomic E-state index is -1.51. The van der Waals surface area contributed by atoms with Gasteiger partial charge in [0, 0.05) is 6.54 Å². The van der Waals surface area contributed by atoms with Gasteiger partial charge in [-0.3, -0.25) is 4.79 Å². The second kappa shape index (κ2) is 5.66. The van der Waals surface area contributed by atoms with E-state index in [0.29, 0.717) is 19.5 Å². The van der Waals surface area contributed by atoms with E-state index < -0.39 is 28.8 Å². The Morgan fingerprint density at radius 3 is 2.50 bits per heavy atom. The molecule has 3 nitrogen and oxygen atoms in total. The molecule has 1 aromatic rings. The van der Waals surface area contributed by atoms with Crippen LogP contribution in [-0.4, -0.2) is 24.2 Å². The minimum Gasteiger partial charge on any atom is -0.481 e. The number of benzene rings is 1. The molecule has 0 bridgehead atoms. The van der Waals surface area contributed by atoms with Crippen molar-refractivity contribution in [2.75, 3.05) is 13.1 Å². The zero-order valence-electron chi connectivity index (χ0n) is 10.6. The maximum atomic E-state index is 13.0. The van der Waals surface area contributed by atoms with Gasteiger partial charge in [-0.25, -0.2) is 13.2 Å². The van der Waals surface area contributed by atoms with Gasteiger partial charge < -0.3 is 10.4 Å². The zero-order chi connectivity index (χ0) is 14.8. The van der Waals surface area contributed by atoms with Gasteiger partial charge in [0.15, 0.2) is 17.5 Å². The van der Waals surface area contributed by atoms with Crippen LogP contribution in [0.15, 0.2) is 18.2 Å². The van der Waals surface area contributed by atoms with E-state index in [9.17, 15) is 23.1 Å². The lowest BCUT2D eigenvalue weighted by Crippen LogP contribution is -2.32. The van der Waals surface area contributed by atoms with Crippen LogP contribution in [-0.2, 0) is 4.79 Å². The summed E-state index contributed by atoms with van der Waals surface area (Å²) >= 11 is 0. The summed E-state index contributed by atoms with van der Waals surface area (Å²) in [5, 5.41) is 12.2.